The summed E-state index contributed by atoms with van der Waals surface area (Å²) in [7, 11) is 0. The van der Waals surface area contributed by atoms with Crippen molar-refractivity contribution in [1.29, 1.82) is 0 Å². The predicted octanol–water partition coefficient (Wildman–Crippen LogP) is 4.07. The van der Waals surface area contributed by atoms with Gasteiger partial charge in [0.05, 0.1) is 16.2 Å². The molecule has 1 aromatic heterocycles. The van der Waals surface area contributed by atoms with Crippen LogP contribution in [0, 0.1) is 27.7 Å². The molecule has 1 aromatic carbocycles. The van der Waals surface area contributed by atoms with Crippen molar-refractivity contribution in [3.63, 3.8) is 0 Å². The minimum absolute atomic E-state index is 0.130. The third kappa shape index (κ3) is 2.41. The van der Waals surface area contributed by atoms with Crippen LogP contribution in [0.4, 0.5) is 5.82 Å². The maximum atomic E-state index is 6.13. The van der Waals surface area contributed by atoms with Crippen LogP contribution < -0.4 is 5.73 Å². The van der Waals surface area contributed by atoms with E-state index in [4.69, 9.17) is 5.73 Å². The highest BCUT2D eigenvalue weighted by Crippen LogP contribution is 2.31. The molecule has 2 rings (SSSR count). The van der Waals surface area contributed by atoms with Gasteiger partial charge in [-0.25, -0.2) is 4.68 Å². The number of aromatic nitrogens is 2. The quantitative estimate of drug-likeness (QED) is 0.906. The molecule has 0 fully saturated rings. The zero-order valence-corrected chi connectivity index (χ0v) is 13.7. The number of nitrogen functional groups attached to an aromatic ring is 1. The second-order valence-corrected chi connectivity index (χ2v) is 6.01. The van der Waals surface area contributed by atoms with Gasteiger partial charge in [-0.15, -0.1) is 0 Å². The molecule has 2 N–H and O–H groups in total. The van der Waals surface area contributed by atoms with Gasteiger partial charge in [-0.3, -0.25) is 0 Å². The summed E-state index contributed by atoms with van der Waals surface area (Å²) in [6.07, 6.45) is 0. The summed E-state index contributed by atoms with van der Waals surface area (Å²) in [5, 5.41) is 4.54. The van der Waals surface area contributed by atoms with Crippen molar-refractivity contribution >= 4 is 21.7 Å². The number of nitrogens with zero attached hydrogens (tertiary/aromatic N) is 2. The minimum atomic E-state index is 0.130. The van der Waals surface area contributed by atoms with Gasteiger partial charge in [0.25, 0.3) is 0 Å². The lowest BCUT2D eigenvalue weighted by Crippen LogP contribution is -2.14. The van der Waals surface area contributed by atoms with Crippen molar-refractivity contribution in [2.45, 2.75) is 40.7 Å². The third-order valence-corrected chi connectivity index (χ3v) is 4.55. The van der Waals surface area contributed by atoms with Gasteiger partial charge < -0.3 is 5.73 Å². The average molecular weight is 322 g/mol. The number of nitrogens with two attached hydrogens (primary N) is 1. The van der Waals surface area contributed by atoms with Crippen LogP contribution in [0.25, 0.3) is 0 Å². The molecule has 1 unspecified atom stereocenters. The highest BCUT2D eigenvalue weighted by atomic mass is 79.9. The van der Waals surface area contributed by atoms with Crippen LogP contribution in [0.15, 0.2) is 16.6 Å². The van der Waals surface area contributed by atoms with E-state index < -0.39 is 0 Å². The Morgan fingerprint density at radius 3 is 2.11 bits per heavy atom. The van der Waals surface area contributed by atoms with Crippen molar-refractivity contribution in [2.24, 2.45) is 0 Å². The van der Waals surface area contributed by atoms with Gasteiger partial charge in [-0.05, 0) is 67.2 Å². The lowest BCUT2D eigenvalue weighted by Gasteiger charge is -2.20. The second kappa shape index (κ2) is 5.00. The van der Waals surface area contributed by atoms with Crippen molar-refractivity contribution in [3.8, 4) is 0 Å². The maximum absolute atomic E-state index is 6.13. The van der Waals surface area contributed by atoms with E-state index in [0.717, 1.165) is 10.2 Å². The van der Waals surface area contributed by atoms with E-state index in [9.17, 15) is 0 Å². The number of hydrogen-bond donors (Lipinski definition) is 1. The minimum Gasteiger partial charge on any atom is -0.383 e. The smallest absolute Gasteiger partial charge is 0.137 e. The first kappa shape index (κ1) is 14.1. The van der Waals surface area contributed by atoms with Crippen LogP contribution in [0.1, 0.15) is 40.9 Å². The Morgan fingerprint density at radius 2 is 1.68 bits per heavy atom. The molecule has 3 nitrogen and oxygen atoms in total. The first-order valence-corrected chi connectivity index (χ1v) is 7.20. The second-order valence-electron chi connectivity index (χ2n) is 5.22. The van der Waals surface area contributed by atoms with Crippen LogP contribution in [0.2, 0.25) is 0 Å². The molecule has 0 saturated carbocycles. The third-order valence-electron chi connectivity index (χ3n) is 3.57. The van der Waals surface area contributed by atoms with Crippen molar-refractivity contribution in [3.05, 3.63) is 44.6 Å². The average Bonchev–Trinajstić information content (AvgIpc) is 2.55. The Morgan fingerprint density at radius 1 is 1.16 bits per heavy atom. The molecule has 0 aliphatic rings. The van der Waals surface area contributed by atoms with Crippen molar-refractivity contribution in [2.75, 3.05) is 5.73 Å². The monoisotopic (exact) mass is 321 g/mol. The topological polar surface area (TPSA) is 43.8 Å². The molecule has 2 aromatic rings. The number of halogens is 1. The molecular formula is C15H20BrN3. The maximum Gasteiger partial charge on any atom is 0.137 e. The number of benzene rings is 1. The van der Waals surface area contributed by atoms with Gasteiger partial charge in [0.15, 0.2) is 0 Å². The molecule has 1 atom stereocenters. The predicted molar refractivity (Wildman–Crippen MR) is 83.5 cm³/mol. The van der Waals surface area contributed by atoms with Gasteiger partial charge >= 0.3 is 0 Å². The molecule has 0 spiro atoms. The lowest BCUT2D eigenvalue weighted by molar-refractivity contribution is 0.563. The largest absolute Gasteiger partial charge is 0.383 e. The van der Waals surface area contributed by atoms with Crippen LogP contribution in [0.5, 0.6) is 0 Å². The van der Waals surface area contributed by atoms with E-state index in [2.05, 4.69) is 60.9 Å². The van der Waals surface area contributed by atoms with Crippen LogP contribution in [-0.2, 0) is 0 Å². The molecular weight excluding hydrogens is 302 g/mol. The summed E-state index contributed by atoms with van der Waals surface area (Å²) in [6.45, 7) is 10.5. The fourth-order valence-electron chi connectivity index (χ4n) is 2.81. The fraction of sp³-hybridized carbons (Fsp3) is 0.400. The van der Waals surface area contributed by atoms with Gasteiger partial charge in [0, 0.05) is 0 Å². The number of hydrogen-bond acceptors (Lipinski definition) is 2. The number of aryl methyl sites for hydroxylation is 4. The Kier molecular flexibility index (Phi) is 3.72. The highest BCUT2D eigenvalue weighted by molar-refractivity contribution is 9.10. The molecule has 19 heavy (non-hydrogen) atoms. The molecule has 4 heteroatoms. The van der Waals surface area contributed by atoms with E-state index in [1.165, 1.54) is 22.3 Å². The van der Waals surface area contributed by atoms with Crippen molar-refractivity contribution < 1.29 is 0 Å². The standard InChI is InChI=1S/C15H20BrN3/c1-8-6-9(2)13(10(3)7-8)12(5)19-15(17)14(16)11(4)18-19/h6-7,12H,17H2,1-5H3. The molecule has 1 heterocycles. The summed E-state index contributed by atoms with van der Waals surface area (Å²) in [5.74, 6) is 0.685. The summed E-state index contributed by atoms with van der Waals surface area (Å²) >= 11 is 3.48. The Labute approximate surface area is 122 Å². The van der Waals surface area contributed by atoms with Gasteiger partial charge in [-0.1, -0.05) is 17.7 Å². The molecule has 0 bridgehead atoms. The summed E-state index contributed by atoms with van der Waals surface area (Å²) in [6, 6.07) is 4.55. The molecule has 102 valence electrons. The molecule has 0 saturated heterocycles. The van der Waals surface area contributed by atoms with Crippen LogP contribution in [0.3, 0.4) is 0 Å². The summed E-state index contributed by atoms with van der Waals surface area (Å²) in [5.41, 5.74) is 12.2. The SMILES string of the molecule is Cc1cc(C)c(C(C)n2nc(C)c(Br)c2N)c(C)c1. The molecule has 0 aliphatic heterocycles. The Hall–Kier alpha value is -1.29. The Bertz CT molecular complexity index is 606. The Balaban J connectivity index is 2.56. The van der Waals surface area contributed by atoms with Crippen LogP contribution in [-0.4, -0.2) is 9.78 Å². The van der Waals surface area contributed by atoms with E-state index >= 15 is 0 Å². The van der Waals surface area contributed by atoms with Gasteiger partial charge in [-0.2, -0.15) is 5.10 Å². The van der Waals surface area contributed by atoms with E-state index in [1.54, 1.807) is 0 Å². The zero-order chi connectivity index (χ0) is 14.3. The first-order valence-electron chi connectivity index (χ1n) is 6.40. The summed E-state index contributed by atoms with van der Waals surface area (Å²) < 4.78 is 2.78. The van der Waals surface area contributed by atoms with E-state index in [1.807, 2.05) is 11.6 Å². The lowest BCUT2D eigenvalue weighted by atomic mass is 9.95. The van der Waals surface area contributed by atoms with E-state index in [0.29, 0.717) is 5.82 Å². The summed E-state index contributed by atoms with van der Waals surface area (Å²) in [4.78, 5) is 0. The normalized spacial score (nSPS) is 12.7. The van der Waals surface area contributed by atoms with E-state index in [-0.39, 0.29) is 6.04 Å². The van der Waals surface area contributed by atoms with Gasteiger partial charge in [0.1, 0.15) is 5.82 Å². The van der Waals surface area contributed by atoms with Gasteiger partial charge in [0.2, 0.25) is 0 Å². The number of rotatable bonds is 2. The molecule has 0 amide bonds. The fourth-order valence-corrected chi connectivity index (χ4v) is 3.07. The number of anilines is 1. The first-order chi connectivity index (χ1) is 8.82. The van der Waals surface area contributed by atoms with Crippen LogP contribution >= 0.6 is 15.9 Å². The van der Waals surface area contributed by atoms with Crippen molar-refractivity contribution in [1.82, 2.24) is 9.78 Å². The highest BCUT2D eigenvalue weighted by Gasteiger charge is 2.19. The zero-order valence-electron chi connectivity index (χ0n) is 12.1. The molecule has 0 radical (unpaired) electrons. The molecule has 0 aliphatic carbocycles.